The Balaban J connectivity index is 0.000000423. The van der Waals surface area contributed by atoms with Crippen LogP contribution in [-0.4, -0.2) is 11.7 Å². The third-order valence-electron chi connectivity index (χ3n) is 2.06. The monoisotopic (exact) mass is 226 g/mol. The Hall–Kier alpha value is -0.470. The molecule has 1 aromatic carbocycles. The Morgan fingerprint density at radius 2 is 1.80 bits per heavy atom. The molecule has 15 heavy (non-hydrogen) atoms. The first-order chi connectivity index (χ1) is 7.17. The molecule has 0 aliphatic heterocycles. The van der Waals surface area contributed by atoms with Crippen molar-refractivity contribution in [2.45, 2.75) is 44.9 Å². The third-order valence-corrected chi connectivity index (χ3v) is 2.70. The summed E-state index contributed by atoms with van der Waals surface area (Å²) in [5, 5.41) is 7.88. The average molecular weight is 226 g/mol. The largest absolute Gasteiger partial charge is 0.396 e. The molecule has 2 heteroatoms. The van der Waals surface area contributed by atoms with Crippen LogP contribution >= 0.6 is 12.6 Å². The highest BCUT2D eigenvalue weighted by molar-refractivity contribution is 7.80. The summed E-state index contributed by atoms with van der Waals surface area (Å²) in [6, 6.07) is 6.35. The van der Waals surface area contributed by atoms with Gasteiger partial charge in [-0.3, -0.25) is 0 Å². The van der Waals surface area contributed by atoms with Crippen LogP contribution in [0.2, 0.25) is 0 Å². The molecule has 1 nitrogen and oxygen atoms in total. The number of benzene rings is 1. The molecule has 1 N–H and O–H groups in total. The fraction of sp³-hybridized carbons (Fsp3) is 0.538. The maximum atomic E-state index is 7.88. The molecule has 0 amide bonds. The van der Waals surface area contributed by atoms with Crippen LogP contribution in [0.15, 0.2) is 23.1 Å². The van der Waals surface area contributed by atoms with Crippen molar-refractivity contribution in [3.05, 3.63) is 29.3 Å². The Morgan fingerprint density at radius 1 is 1.20 bits per heavy atom. The summed E-state index contributed by atoms with van der Waals surface area (Å²) in [5.74, 6) is 0. The SMILES string of the molecule is CCCO.CCCc1cccc(C)c1S. The molecule has 0 spiro atoms. The predicted octanol–water partition coefficient (Wildman–Crippen LogP) is 3.62. The van der Waals surface area contributed by atoms with E-state index in [2.05, 4.69) is 44.7 Å². The van der Waals surface area contributed by atoms with Crippen LogP contribution in [-0.2, 0) is 6.42 Å². The van der Waals surface area contributed by atoms with Gasteiger partial charge in [-0.2, -0.15) is 0 Å². The first kappa shape index (κ1) is 14.5. The Labute approximate surface area is 98.9 Å². The lowest BCUT2D eigenvalue weighted by Gasteiger charge is -2.05. The number of hydrogen-bond donors (Lipinski definition) is 2. The van der Waals surface area contributed by atoms with Crippen molar-refractivity contribution in [3.8, 4) is 0 Å². The normalized spacial score (nSPS) is 9.40. The molecule has 0 unspecified atom stereocenters. The van der Waals surface area contributed by atoms with Crippen LogP contribution in [0.4, 0.5) is 0 Å². The van der Waals surface area contributed by atoms with E-state index in [0.29, 0.717) is 6.61 Å². The quantitative estimate of drug-likeness (QED) is 0.754. The average Bonchev–Trinajstić information content (AvgIpc) is 2.25. The van der Waals surface area contributed by atoms with E-state index in [-0.39, 0.29) is 0 Å². The second-order valence-electron chi connectivity index (χ2n) is 3.56. The van der Waals surface area contributed by atoms with Gasteiger partial charge in [0.25, 0.3) is 0 Å². The molecular formula is C13H22OS. The molecule has 0 atom stereocenters. The first-order valence-electron chi connectivity index (χ1n) is 5.55. The Morgan fingerprint density at radius 3 is 2.27 bits per heavy atom. The third kappa shape index (κ3) is 5.85. The summed E-state index contributed by atoms with van der Waals surface area (Å²) >= 11 is 4.45. The van der Waals surface area contributed by atoms with Gasteiger partial charge in [0.2, 0.25) is 0 Å². The van der Waals surface area contributed by atoms with Gasteiger partial charge >= 0.3 is 0 Å². The number of aryl methyl sites for hydroxylation is 2. The molecule has 1 rings (SSSR count). The van der Waals surface area contributed by atoms with Gasteiger partial charge < -0.3 is 5.11 Å². The van der Waals surface area contributed by atoms with E-state index in [1.807, 2.05) is 6.92 Å². The summed E-state index contributed by atoms with van der Waals surface area (Å²) in [6.07, 6.45) is 3.21. The molecule has 0 saturated heterocycles. The molecule has 0 fully saturated rings. The minimum absolute atomic E-state index is 0.319. The lowest BCUT2D eigenvalue weighted by atomic mass is 10.1. The van der Waals surface area contributed by atoms with Gasteiger partial charge in [-0.25, -0.2) is 0 Å². The zero-order valence-electron chi connectivity index (χ0n) is 9.95. The molecular weight excluding hydrogens is 204 g/mol. The van der Waals surface area contributed by atoms with E-state index in [1.165, 1.54) is 17.5 Å². The molecule has 0 aliphatic carbocycles. The Kier molecular flexibility index (Phi) is 8.53. The first-order valence-corrected chi connectivity index (χ1v) is 6.00. The highest BCUT2D eigenvalue weighted by Gasteiger charge is 1.98. The summed E-state index contributed by atoms with van der Waals surface area (Å²) in [4.78, 5) is 1.16. The van der Waals surface area contributed by atoms with Crippen LogP contribution in [0.25, 0.3) is 0 Å². The summed E-state index contributed by atoms with van der Waals surface area (Å²) in [7, 11) is 0. The summed E-state index contributed by atoms with van der Waals surface area (Å²) < 4.78 is 0. The second kappa shape index (κ2) is 8.81. The van der Waals surface area contributed by atoms with Gasteiger partial charge in [0.05, 0.1) is 0 Å². The van der Waals surface area contributed by atoms with Gasteiger partial charge in [-0.1, -0.05) is 38.5 Å². The van der Waals surface area contributed by atoms with Crippen LogP contribution in [0.5, 0.6) is 0 Å². The zero-order valence-corrected chi connectivity index (χ0v) is 10.8. The summed E-state index contributed by atoms with van der Waals surface area (Å²) in [6.45, 7) is 6.54. The van der Waals surface area contributed by atoms with Gasteiger partial charge in [0.1, 0.15) is 0 Å². The number of aliphatic hydroxyl groups is 1. The smallest absolute Gasteiger partial charge is 0.0428 e. The van der Waals surface area contributed by atoms with Gasteiger partial charge in [0, 0.05) is 11.5 Å². The number of aliphatic hydroxyl groups excluding tert-OH is 1. The van der Waals surface area contributed by atoms with E-state index >= 15 is 0 Å². The predicted molar refractivity (Wildman–Crippen MR) is 69.8 cm³/mol. The van der Waals surface area contributed by atoms with Crippen LogP contribution < -0.4 is 0 Å². The van der Waals surface area contributed by atoms with E-state index in [9.17, 15) is 0 Å². The number of rotatable bonds is 3. The van der Waals surface area contributed by atoms with Gasteiger partial charge in [-0.05, 0) is 30.9 Å². The number of thiol groups is 1. The molecule has 0 saturated carbocycles. The van der Waals surface area contributed by atoms with Crippen molar-refractivity contribution in [2.24, 2.45) is 0 Å². The van der Waals surface area contributed by atoms with Crippen molar-refractivity contribution < 1.29 is 5.11 Å². The maximum Gasteiger partial charge on any atom is 0.0428 e. The molecule has 0 radical (unpaired) electrons. The summed E-state index contributed by atoms with van der Waals surface area (Å²) in [5.41, 5.74) is 2.65. The van der Waals surface area contributed by atoms with Crippen molar-refractivity contribution in [3.63, 3.8) is 0 Å². The highest BCUT2D eigenvalue weighted by atomic mass is 32.1. The van der Waals surface area contributed by atoms with E-state index in [1.54, 1.807) is 0 Å². The number of hydrogen-bond acceptors (Lipinski definition) is 2. The van der Waals surface area contributed by atoms with Gasteiger partial charge in [-0.15, -0.1) is 12.6 Å². The van der Waals surface area contributed by atoms with E-state index in [4.69, 9.17) is 5.11 Å². The standard InChI is InChI=1S/C10H14S.C3H8O/c1-3-5-9-7-4-6-8(2)10(9)11;1-2-3-4/h4,6-7,11H,3,5H2,1-2H3;4H,2-3H2,1H3. The van der Waals surface area contributed by atoms with Gasteiger partial charge in [0.15, 0.2) is 0 Å². The minimum Gasteiger partial charge on any atom is -0.396 e. The van der Waals surface area contributed by atoms with E-state index in [0.717, 1.165) is 17.7 Å². The van der Waals surface area contributed by atoms with Crippen molar-refractivity contribution in [2.75, 3.05) is 6.61 Å². The van der Waals surface area contributed by atoms with Crippen molar-refractivity contribution in [1.29, 1.82) is 0 Å². The molecule has 0 heterocycles. The molecule has 86 valence electrons. The fourth-order valence-corrected chi connectivity index (χ4v) is 1.45. The molecule has 0 aromatic heterocycles. The maximum absolute atomic E-state index is 7.88. The lowest BCUT2D eigenvalue weighted by Crippen LogP contribution is -1.87. The fourth-order valence-electron chi connectivity index (χ4n) is 1.19. The minimum atomic E-state index is 0.319. The Bertz CT molecular complexity index is 269. The van der Waals surface area contributed by atoms with Crippen molar-refractivity contribution >= 4 is 12.6 Å². The van der Waals surface area contributed by atoms with Crippen LogP contribution in [0.1, 0.15) is 37.8 Å². The zero-order chi connectivity index (χ0) is 11.7. The molecule has 1 aromatic rings. The molecule has 0 bridgehead atoms. The van der Waals surface area contributed by atoms with Crippen LogP contribution in [0, 0.1) is 6.92 Å². The van der Waals surface area contributed by atoms with E-state index < -0.39 is 0 Å². The highest BCUT2D eigenvalue weighted by Crippen LogP contribution is 2.19. The lowest BCUT2D eigenvalue weighted by molar-refractivity contribution is 0.295. The second-order valence-corrected chi connectivity index (χ2v) is 4.00. The van der Waals surface area contributed by atoms with Crippen molar-refractivity contribution in [1.82, 2.24) is 0 Å². The molecule has 0 aliphatic rings. The van der Waals surface area contributed by atoms with Crippen LogP contribution in [0.3, 0.4) is 0 Å². The topological polar surface area (TPSA) is 20.2 Å².